The molecule has 2 aromatic rings. The maximum Gasteiger partial charge on any atom is 0.222 e. The molecule has 5 nitrogen and oxygen atoms in total. The third-order valence-corrected chi connectivity index (χ3v) is 4.69. The van der Waals surface area contributed by atoms with E-state index in [0.29, 0.717) is 5.56 Å². The summed E-state index contributed by atoms with van der Waals surface area (Å²) >= 11 is 1.48. The minimum Gasteiger partial charge on any atom is -0.494 e. The molecule has 7 heteroatoms. The molecule has 0 spiro atoms. The third-order valence-electron chi connectivity index (χ3n) is 3.71. The number of halogens is 1. The largest absolute Gasteiger partial charge is 0.494 e. The van der Waals surface area contributed by atoms with Gasteiger partial charge >= 0.3 is 0 Å². The molecule has 25 heavy (non-hydrogen) atoms. The van der Waals surface area contributed by atoms with Gasteiger partial charge < -0.3 is 15.4 Å². The van der Waals surface area contributed by atoms with Crippen molar-refractivity contribution in [2.24, 2.45) is 0 Å². The Morgan fingerprint density at radius 2 is 2.04 bits per heavy atom. The molecule has 0 radical (unpaired) electrons. The molecule has 2 N–H and O–H groups in total. The molecule has 0 fully saturated rings. The van der Waals surface area contributed by atoms with Crippen molar-refractivity contribution in [1.29, 1.82) is 0 Å². The molecule has 2 unspecified atom stereocenters. The molecule has 0 aliphatic rings. The summed E-state index contributed by atoms with van der Waals surface area (Å²) in [5.74, 6) is -0.742. The number of carbonyl (C=O) groups is 2. The monoisotopic (exact) mass is 364 g/mol. The summed E-state index contributed by atoms with van der Waals surface area (Å²) in [6.07, 6.45) is 0.114. The minimum atomic E-state index is -0.476. The fourth-order valence-corrected chi connectivity index (χ4v) is 3.26. The number of amides is 2. The van der Waals surface area contributed by atoms with Crippen LogP contribution in [0.2, 0.25) is 0 Å². The van der Waals surface area contributed by atoms with Crippen molar-refractivity contribution in [1.82, 2.24) is 10.6 Å². The topological polar surface area (TPSA) is 67.4 Å². The molecule has 0 saturated carbocycles. The molecular formula is C18H21FN2O3S. The molecule has 0 saturated heterocycles. The van der Waals surface area contributed by atoms with Crippen LogP contribution in [0.5, 0.6) is 5.75 Å². The summed E-state index contributed by atoms with van der Waals surface area (Å²) in [5.41, 5.74) is 0.638. The van der Waals surface area contributed by atoms with Gasteiger partial charge in [0, 0.05) is 11.8 Å². The van der Waals surface area contributed by atoms with E-state index in [1.54, 1.807) is 13.0 Å². The molecule has 2 rings (SSSR count). The van der Waals surface area contributed by atoms with Crippen LogP contribution in [0.3, 0.4) is 0 Å². The molecule has 0 aliphatic heterocycles. The van der Waals surface area contributed by atoms with Gasteiger partial charge in [0.05, 0.1) is 25.6 Å². The molecule has 1 heterocycles. The molecule has 1 aromatic heterocycles. The Kier molecular flexibility index (Phi) is 6.52. The maximum absolute atomic E-state index is 13.8. The first-order chi connectivity index (χ1) is 11.9. The van der Waals surface area contributed by atoms with E-state index < -0.39 is 5.82 Å². The van der Waals surface area contributed by atoms with Gasteiger partial charge in [0.15, 0.2) is 11.6 Å². The Labute approximate surface area is 150 Å². The van der Waals surface area contributed by atoms with E-state index >= 15 is 0 Å². The van der Waals surface area contributed by atoms with Crippen LogP contribution in [0, 0.1) is 5.82 Å². The summed E-state index contributed by atoms with van der Waals surface area (Å²) in [5, 5.41) is 7.51. The Morgan fingerprint density at radius 3 is 2.60 bits per heavy atom. The Bertz CT molecular complexity index is 734. The Morgan fingerprint density at radius 1 is 1.28 bits per heavy atom. The van der Waals surface area contributed by atoms with Gasteiger partial charge in [-0.3, -0.25) is 9.59 Å². The molecule has 2 amide bonds. The van der Waals surface area contributed by atoms with Crippen molar-refractivity contribution in [2.75, 3.05) is 7.11 Å². The minimum absolute atomic E-state index is 0.114. The number of nitrogens with one attached hydrogen (secondary N) is 2. The zero-order chi connectivity index (χ0) is 18.4. The van der Waals surface area contributed by atoms with Gasteiger partial charge in [-0.15, -0.1) is 11.3 Å². The lowest BCUT2D eigenvalue weighted by Gasteiger charge is -2.19. The van der Waals surface area contributed by atoms with Crippen LogP contribution in [0.1, 0.15) is 42.8 Å². The van der Waals surface area contributed by atoms with Gasteiger partial charge in [-0.05, 0) is 36.1 Å². The van der Waals surface area contributed by atoms with Crippen LogP contribution < -0.4 is 15.4 Å². The number of benzene rings is 1. The number of hydrogen-bond acceptors (Lipinski definition) is 4. The standard InChI is InChI=1S/C18H21FN2O3S/c1-11(13-6-7-16(24-3)14(19)9-13)20-18(23)10-15(21-12(2)22)17-5-4-8-25-17/h4-9,11,15H,10H2,1-3H3,(H,20,23)(H,21,22). The predicted molar refractivity (Wildman–Crippen MR) is 95.0 cm³/mol. The van der Waals surface area contributed by atoms with Crippen LogP contribution in [0.25, 0.3) is 0 Å². The van der Waals surface area contributed by atoms with Crippen LogP contribution >= 0.6 is 11.3 Å². The van der Waals surface area contributed by atoms with Gasteiger partial charge in [-0.1, -0.05) is 12.1 Å². The summed E-state index contributed by atoms with van der Waals surface area (Å²) in [4.78, 5) is 24.6. The van der Waals surface area contributed by atoms with Gasteiger partial charge in [0.2, 0.25) is 11.8 Å². The highest BCUT2D eigenvalue weighted by Crippen LogP contribution is 2.24. The van der Waals surface area contributed by atoms with Crippen molar-refractivity contribution in [3.63, 3.8) is 0 Å². The van der Waals surface area contributed by atoms with Crippen molar-refractivity contribution in [3.8, 4) is 5.75 Å². The quantitative estimate of drug-likeness (QED) is 0.792. The zero-order valence-corrected chi connectivity index (χ0v) is 15.2. The van der Waals surface area contributed by atoms with Crippen LogP contribution in [0.15, 0.2) is 35.7 Å². The maximum atomic E-state index is 13.8. The number of hydrogen-bond donors (Lipinski definition) is 2. The first kappa shape index (κ1) is 18.9. The van der Waals surface area contributed by atoms with E-state index in [-0.39, 0.29) is 36.1 Å². The van der Waals surface area contributed by atoms with Crippen LogP contribution in [-0.4, -0.2) is 18.9 Å². The highest BCUT2D eigenvalue weighted by Gasteiger charge is 2.20. The van der Waals surface area contributed by atoms with Gasteiger partial charge in [0.1, 0.15) is 0 Å². The average Bonchev–Trinajstić information content (AvgIpc) is 3.08. The van der Waals surface area contributed by atoms with E-state index in [1.807, 2.05) is 17.5 Å². The first-order valence-electron chi connectivity index (χ1n) is 7.84. The van der Waals surface area contributed by atoms with Crippen LogP contribution in [0.4, 0.5) is 4.39 Å². The fourth-order valence-electron chi connectivity index (χ4n) is 2.48. The van der Waals surface area contributed by atoms with Crippen molar-refractivity contribution in [3.05, 3.63) is 52.0 Å². The second kappa shape index (κ2) is 8.62. The molecular weight excluding hydrogens is 343 g/mol. The SMILES string of the molecule is COc1ccc(C(C)NC(=O)CC(NC(C)=O)c2cccs2)cc1F. The van der Waals surface area contributed by atoms with E-state index in [9.17, 15) is 14.0 Å². The first-order valence-corrected chi connectivity index (χ1v) is 8.72. The Hall–Kier alpha value is -2.41. The van der Waals surface area contributed by atoms with E-state index in [0.717, 1.165) is 4.88 Å². The second-order valence-electron chi connectivity index (χ2n) is 5.66. The number of methoxy groups -OCH3 is 1. The zero-order valence-electron chi connectivity index (χ0n) is 14.3. The third kappa shape index (κ3) is 5.29. The number of thiophene rings is 1. The number of ether oxygens (including phenoxy) is 1. The lowest BCUT2D eigenvalue weighted by Crippen LogP contribution is -2.33. The predicted octanol–water partition coefficient (Wildman–Crippen LogP) is 3.34. The van der Waals surface area contributed by atoms with Crippen molar-refractivity contribution in [2.45, 2.75) is 32.4 Å². The molecule has 0 aliphatic carbocycles. The van der Waals surface area contributed by atoms with E-state index in [2.05, 4.69) is 10.6 Å². The van der Waals surface area contributed by atoms with Gasteiger partial charge in [0.25, 0.3) is 0 Å². The van der Waals surface area contributed by atoms with Crippen LogP contribution in [-0.2, 0) is 9.59 Å². The number of carbonyl (C=O) groups excluding carboxylic acids is 2. The normalized spacial score (nSPS) is 13.0. The summed E-state index contributed by atoms with van der Waals surface area (Å²) in [6, 6.07) is 7.58. The average molecular weight is 364 g/mol. The van der Waals surface area contributed by atoms with Gasteiger partial charge in [-0.25, -0.2) is 4.39 Å². The summed E-state index contributed by atoms with van der Waals surface area (Å²) < 4.78 is 18.7. The lowest BCUT2D eigenvalue weighted by atomic mass is 10.1. The highest BCUT2D eigenvalue weighted by molar-refractivity contribution is 7.10. The molecule has 2 atom stereocenters. The molecule has 134 valence electrons. The second-order valence-corrected chi connectivity index (χ2v) is 6.64. The fraction of sp³-hybridized carbons (Fsp3) is 0.333. The lowest BCUT2D eigenvalue weighted by molar-refractivity contribution is -0.123. The van der Waals surface area contributed by atoms with Crippen molar-refractivity contribution < 1.29 is 18.7 Å². The highest BCUT2D eigenvalue weighted by atomic mass is 32.1. The summed E-state index contributed by atoms with van der Waals surface area (Å²) in [6.45, 7) is 3.19. The Balaban J connectivity index is 2.02. The van der Waals surface area contributed by atoms with E-state index in [4.69, 9.17) is 4.74 Å². The van der Waals surface area contributed by atoms with E-state index in [1.165, 1.54) is 37.5 Å². The molecule has 1 aromatic carbocycles. The summed E-state index contributed by atoms with van der Waals surface area (Å²) in [7, 11) is 1.40. The smallest absolute Gasteiger partial charge is 0.222 e. The molecule has 0 bridgehead atoms. The number of rotatable bonds is 7. The van der Waals surface area contributed by atoms with Gasteiger partial charge in [-0.2, -0.15) is 0 Å². The van der Waals surface area contributed by atoms with Crippen molar-refractivity contribution >= 4 is 23.2 Å².